The molecule has 208 valence electrons. The average Bonchev–Trinajstić information content (AvgIpc) is 3.42. The molecule has 1 fully saturated rings. The number of methoxy groups -OCH3 is 1. The maximum atomic E-state index is 11.2. The highest BCUT2D eigenvalue weighted by Crippen LogP contribution is 2.36. The second-order valence-electron chi connectivity index (χ2n) is 9.62. The average molecular weight is 607 g/mol. The zero-order valence-corrected chi connectivity index (χ0v) is 24.0. The summed E-state index contributed by atoms with van der Waals surface area (Å²) < 4.78 is 19.9. The van der Waals surface area contributed by atoms with Crippen LogP contribution >= 0.6 is 15.9 Å². The molecule has 1 aromatic heterocycles. The lowest BCUT2D eigenvalue weighted by Crippen LogP contribution is -2.33. The number of aliphatic carboxylic acids is 1. The van der Waals surface area contributed by atoms with Gasteiger partial charge in [-0.15, -0.1) is 0 Å². The molecule has 9 heteroatoms. The van der Waals surface area contributed by atoms with Gasteiger partial charge in [-0.25, -0.2) is 9.48 Å². The Hall–Kier alpha value is -3.82. The van der Waals surface area contributed by atoms with Gasteiger partial charge < -0.3 is 19.3 Å². The normalized spacial score (nSPS) is 13.7. The van der Waals surface area contributed by atoms with E-state index in [0.29, 0.717) is 29.4 Å². The van der Waals surface area contributed by atoms with Gasteiger partial charge in [-0.05, 0) is 98.7 Å². The van der Waals surface area contributed by atoms with Crippen LogP contribution in [0.25, 0.3) is 28.2 Å². The fourth-order valence-electron chi connectivity index (χ4n) is 4.80. The van der Waals surface area contributed by atoms with Gasteiger partial charge in [0, 0.05) is 22.1 Å². The minimum absolute atomic E-state index is 0.410. The number of piperidine rings is 1. The Kier molecular flexibility index (Phi) is 9.03. The van der Waals surface area contributed by atoms with Crippen molar-refractivity contribution < 1.29 is 24.1 Å². The fourth-order valence-corrected chi connectivity index (χ4v) is 5.06. The van der Waals surface area contributed by atoms with Crippen LogP contribution in [-0.2, 0) is 4.79 Å². The van der Waals surface area contributed by atoms with Crippen molar-refractivity contribution in [1.29, 1.82) is 0 Å². The molecule has 40 heavy (non-hydrogen) atoms. The first kappa shape index (κ1) is 27.7. The van der Waals surface area contributed by atoms with E-state index in [4.69, 9.17) is 24.4 Å². The number of halogens is 1. The lowest BCUT2D eigenvalue weighted by molar-refractivity contribution is -0.139. The zero-order chi connectivity index (χ0) is 27.9. The summed E-state index contributed by atoms with van der Waals surface area (Å²) in [6, 6.07) is 23.1. The van der Waals surface area contributed by atoms with Gasteiger partial charge in [-0.3, -0.25) is 4.90 Å². The molecule has 1 aliphatic heterocycles. The predicted octanol–water partition coefficient (Wildman–Crippen LogP) is 6.31. The van der Waals surface area contributed by atoms with Crippen molar-refractivity contribution >= 4 is 21.9 Å². The van der Waals surface area contributed by atoms with E-state index >= 15 is 0 Å². The smallest absolute Gasteiger partial charge is 0.341 e. The quantitative estimate of drug-likeness (QED) is 0.214. The molecular weight excluding hydrogens is 574 g/mol. The molecule has 0 radical (unpaired) electrons. The van der Waals surface area contributed by atoms with Crippen molar-refractivity contribution in [3.8, 4) is 45.5 Å². The van der Waals surface area contributed by atoms with E-state index in [1.165, 1.54) is 19.3 Å². The van der Waals surface area contributed by atoms with Crippen LogP contribution in [0.2, 0.25) is 0 Å². The van der Waals surface area contributed by atoms with Crippen molar-refractivity contribution in [2.45, 2.75) is 19.3 Å². The Morgan fingerprint density at radius 1 is 0.925 bits per heavy atom. The fraction of sp³-hybridized carbons (Fsp3) is 0.290. The summed E-state index contributed by atoms with van der Waals surface area (Å²) >= 11 is 3.51. The Morgan fingerprint density at radius 3 is 2.35 bits per heavy atom. The van der Waals surface area contributed by atoms with Crippen molar-refractivity contribution in [2.24, 2.45) is 0 Å². The van der Waals surface area contributed by atoms with Crippen LogP contribution in [0, 0.1) is 0 Å². The van der Waals surface area contributed by atoms with Crippen LogP contribution in [0.15, 0.2) is 77.3 Å². The summed E-state index contributed by atoms with van der Waals surface area (Å²) in [6.45, 7) is 3.45. The van der Waals surface area contributed by atoms with Crippen LogP contribution < -0.4 is 14.2 Å². The first-order chi connectivity index (χ1) is 19.5. The van der Waals surface area contributed by atoms with E-state index < -0.39 is 12.6 Å². The molecular formula is C31H32BrN3O5. The molecule has 0 atom stereocenters. The number of benzene rings is 3. The van der Waals surface area contributed by atoms with Crippen LogP contribution in [0.3, 0.4) is 0 Å². The largest absolute Gasteiger partial charge is 0.497 e. The van der Waals surface area contributed by atoms with Gasteiger partial charge in [0.2, 0.25) is 0 Å². The summed E-state index contributed by atoms with van der Waals surface area (Å²) in [5, 5.41) is 14.1. The second kappa shape index (κ2) is 13.0. The van der Waals surface area contributed by atoms with Gasteiger partial charge in [0.25, 0.3) is 0 Å². The molecule has 1 aliphatic rings. The zero-order valence-electron chi connectivity index (χ0n) is 22.4. The number of aromatic nitrogens is 2. The van der Waals surface area contributed by atoms with Crippen molar-refractivity contribution in [3.05, 3.63) is 77.3 Å². The van der Waals surface area contributed by atoms with Crippen LogP contribution in [0.1, 0.15) is 19.3 Å². The predicted molar refractivity (Wildman–Crippen MR) is 158 cm³/mol. The van der Waals surface area contributed by atoms with Gasteiger partial charge in [-0.1, -0.05) is 22.4 Å². The summed E-state index contributed by atoms with van der Waals surface area (Å²) in [7, 11) is 1.58. The number of carboxylic acids is 1. The molecule has 0 amide bonds. The minimum Gasteiger partial charge on any atom is -0.497 e. The SMILES string of the molecule is COc1ccc(OCC(=O)O)c(-c2cc(-c3ccc(OCCN4CCCCC4)cc3)n(-c3ccc(Br)cc3)n2)c1. The number of rotatable bonds is 11. The molecule has 5 rings (SSSR count). The molecule has 0 spiro atoms. The molecule has 1 saturated heterocycles. The van der Waals surface area contributed by atoms with Crippen molar-refractivity contribution in [2.75, 3.05) is 40.0 Å². The Balaban J connectivity index is 1.45. The molecule has 4 aromatic rings. The maximum Gasteiger partial charge on any atom is 0.341 e. The number of hydrogen-bond acceptors (Lipinski definition) is 6. The lowest BCUT2D eigenvalue weighted by atomic mass is 10.1. The summed E-state index contributed by atoms with van der Waals surface area (Å²) in [4.78, 5) is 13.6. The van der Waals surface area contributed by atoms with E-state index in [2.05, 4.69) is 20.8 Å². The maximum absolute atomic E-state index is 11.2. The third-order valence-electron chi connectivity index (χ3n) is 6.87. The summed E-state index contributed by atoms with van der Waals surface area (Å²) in [6.07, 6.45) is 3.86. The second-order valence-corrected chi connectivity index (χ2v) is 10.5. The molecule has 8 nitrogen and oxygen atoms in total. The number of ether oxygens (including phenoxy) is 3. The lowest BCUT2D eigenvalue weighted by Gasteiger charge is -2.26. The molecule has 0 bridgehead atoms. The first-order valence-electron chi connectivity index (χ1n) is 13.3. The molecule has 1 N–H and O–H groups in total. The third-order valence-corrected chi connectivity index (χ3v) is 7.40. The monoisotopic (exact) mass is 605 g/mol. The minimum atomic E-state index is -1.05. The number of hydrogen-bond donors (Lipinski definition) is 1. The van der Waals surface area contributed by atoms with Gasteiger partial charge in [0.15, 0.2) is 6.61 Å². The molecule has 2 heterocycles. The number of carbonyl (C=O) groups is 1. The topological polar surface area (TPSA) is 86.0 Å². The Labute approximate surface area is 242 Å². The molecule has 0 aliphatic carbocycles. The Bertz CT molecular complexity index is 1430. The van der Waals surface area contributed by atoms with E-state index in [9.17, 15) is 4.79 Å². The first-order valence-corrected chi connectivity index (χ1v) is 14.1. The number of carboxylic acid groups (broad SMARTS) is 1. The summed E-state index contributed by atoms with van der Waals surface area (Å²) in [5.74, 6) is 0.796. The number of nitrogens with zero attached hydrogens (tertiary/aromatic N) is 3. The highest BCUT2D eigenvalue weighted by atomic mass is 79.9. The van der Waals surface area contributed by atoms with E-state index in [0.717, 1.165) is 46.8 Å². The van der Waals surface area contributed by atoms with E-state index in [1.54, 1.807) is 25.3 Å². The molecule has 3 aromatic carbocycles. The highest BCUT2D eigenvalue weighted by Gasteiger charge is 2.18. The highest BCUT2D eigenvalue weighted by molar-refractivity contribution is 9.10. The van der Waals surface area contributed by atoms with Crippen molar-refractivity contribution in [3.63, 3.8) is 0 Å². The molecule has 0 saturated carbocycles. The Morgan fingerprint density at radius 2 is 1.65 bits per heavy atom. The third kappa shape index (κ3) is 6.84. The van der Waals surface area contributed by atoms with Crippen LogP contribution in [0.4, 0.5) is 0 Å². The van der Waals surface area contributed by atoms with Gasteiger partial charge >= 0.3 is 5.97 Å². The van der Waals surface area contributed by atoms with Crippen LogP contribution in [-0.4, -0.2) is 65.7 Å². The van der Waals surface area contributed by atoms with E-state index in [-0.39, 0.29) is 0 Å². The number of likely N-dealkylation sites (tertiary alicyclic amines) is 1. The summed E-state index contributed by atoms with van der Waals surface area (Å²) in [5.41, 5.74) is 3.96. The van der Waals surface area contributed by atoms with Crippen LogP contribution in [0.5, 0.6) is 17.2 Å². The van der Waals surface area contributed by atoms with Gasteiger partial charge in [0.1, 0.15) is 23.9 Å². The van der Waals surface area contributed by atoms with Gasteiger partial charge in [-0.2, -0.15) is 5.10 Å². The standard InChI is InChI=1S/C31H32BrN3O5/c1-38-26-13-14-30(40-21-31(36)37)27(19-26)28-20-29(35(33-28)24-9-7-23(32)8-10-24)22-5-11-25(12-6-22)39-18-17-34-15-3-2-4-16-34/h5-14,19-20H,2-4,15-18,21H2,1H3,(H,36,37). The van der Waals surface area contributed by atoms with E-state index in [1.807, 2.05) is 59.3 Å². The molecule has 0 unspecified atom stereocenters. The van der Waals surface area contributed by atoms with Gasteiger partial charge in [0.05, 0.1) is 24.2 Å². The van der Waals surface area contributed by atoms with Crippen molar-refractivity contribution in [1.82, 2.24) is 14.7 Å².